The minimum atomic E-state index is -0.845. The summed E-state index contributed by atoms with van der Waals surface area (Å²) in [5.74, 6) is 5.09. The van der Waals surface area contributed by atoms with Crippen molar-refractivity contribution in [2.24, 2.45) is 0 Å². The summed E-state index contributed by atoms with van der Waals surface area (Å²) >= 11 is 2.56. The van der Waals surface area contributed by atoms with Gasteiger partial charge in [0.25, 0.3) is 0 Å². The van der Waals surface area contributed by atoms with Crippen molar-refractivity contribution in [1.82, 2.24) is 15.1 Å². The fourth-order valence-electron chi connectivity index (χ4n) is 3.31. The topological polar surface area (TPSA) is 127 Å². The highest BCUT2D eigenvalue weighted by atomic mass is 32.1. The van der Waals surface area contributed by atoms with Crippen molar-refractivity contribution in [3.8, 4) is 11.8 Å². The molecule has 3 heterocycles. The van der Waals surface area contributed by atoms with Gasteiger partial charge in [0.1, 0.15) is 28.4 Å². The molecule has 172 valence electrons. The lowest BCUT2D eigenvalue weighted by molar-refractivity contribution is -0.140. The van der Waals surface area contributed by atoms with Crippen LogP contribution in [0, 0.1) is 25.7 Å². The van der Waals surface area contributed by atoms with E-state index in [1.165, 1.54) is 22.7 Å². The molecule has 0 spiro atoms. The molecule has 0 aliphatic heterocycles. The molecule has 9 nitrogen and oxygen atoms in total. The predicted octanol–water partition coefficient (Wildman–Crippen LogP) is 4.62. The molecule has 11 heteroatoms. The molecular formula is C23H18N4O5S2. The smallest absolute Gasteiger partial charge is 0.412 e. The van der Waals surface area contributed by atoms with Crippen molar-refractivity contribution in [3.05, 3.63) is 56.9 Å². The minimum Gasteiger partial charge on any atom is -0.481 e. The number of fused-ring (bicyclic) bond motifs is 1. The summed E-state index contributed by atoms with van der Waals surface area (Å²) in [5.41, 5.74) is 1.90. The molecule has 34 heavy (non-hydrogen) atoms. The van der Waals surface area contributed by atoms with E-state index >= 15 is 0 Å². The van der Waals surface area contributed by atoms with Gasteiger partial charge in [-0.15, -0.1) is 0 Å². The molecule has 4 aromatic rings. The Hall–Kier alpha value is -3.75. The Morgan fingerprint density at radius 1 is 1.18 bits per heavy atom. The maximum absolute atomic E-state index is 12.3. The summed E-state index contributed by atoms with van der Waals surface area (Å²) in [5, 5.41) is 17.1. The van der Waals surface area contributed by atoms with E-state index in [9.17, 15) is 14.7 Å². The number of amides is 1. The fourth-order valence-corrected chi connectivity index (χ4v) is 5.44. The zero-order valence-electron chi connectivity index (χ0n) is 18.2. The number of aryl methyl sites for hydroxylation is 2. The van der Waals surface area contributed by atoms with Crippen LogP contribution in [0.1, 0.15) is 45.4 Å². The van der Waals surface area contributed by atoms with Crippen LogP contribution in [0.15, 0.2) is 28.8 Å². The Labute approximate surface area is 201 Å². The Morgan fingerprint density at radius 3 is 2.65 bits per heavy atom. The van der Waals surface area contributed by atoms with E-state index in [0.29, 0.717) is 43.9 Å². The Balaban J connectivity index is 1.29. The number of ether oxygens (including phenoxy) is 1. The highest BCUT2D eigenvalue weighted by Gasteiger charge is 2.54. The summed E-state index contributed by atoms with van der Waals surface area (Å²) in [6.07, 6.45) is 0.560. The van der Waals surface area contributed by atoms with E-state index in [0.717, 1.165) is 11.1 Å². The molecule has 0 bridgehead atoms. The van der Waals surface area contributed by atoms with Gasteiger partial charge in [0.15, 0.2) is 14.7 Å². The summed E-state index contributed by atoms with van der Waals surface area (Å²) in [4.78, 5) is 34.1. The van der Waals surface area contributed by atoms with Crippen molar-refractivity contribution in [2.75, 3.05) is 5.32 Å². The first-order valence-corrected chi connectivity index (χ1v) is 12.0. The summed E-state index contributed by atoms with van der Waals surface area (Å²) in [7, 11) is 0. The number of aromatic nitrogens is 3. The van der Waals surface area contributed by atoms with Gasteiger partial charge in [-0.2, -0.15) is 0 Å². The lowest BCUT2D eigenvalue weighted by Crippen LogP contribution is -2.18. The average molecular weight is 495 g/mol. The monoisotopic (exact) mass is 494 g/mol. The van der Waals surface area contributed by atoms with E-state index in [2.05, 4.69) is 32.3 Å². The molecule has 5 rings (SSSR count). The van der Waals surface area contributed by atoms with Gasteiger partial charge in [-0.05, 0) is 49.7 Å². The van der Waals surface area contributed by atoms with Crippen molar-refractivity contribution < 1.29 is 24.0 Å². The molecule has 1 fully saturated rings. The number of thiazole rings is 2. The normalized spacial score (nSPS) is 13.8. The molecule has 0 unspecified atom stereocenters. The zero-order valence-corrected chi connectivity index (χ0v) is 19.8. The first-order chi connectivity index (χ1) is 16.4. The van der Waals surface area contributed by atoms with Crippen LogP contribution in [0.4, 0.5) is 10.5 Å². The van der Waals surface area contributed by atoms with Gasteiger partial charge in [-0.1, -0.05) is 52.1 Å². The number of nitrogens with one attached hydrogen (secondary N) is 1. The maximum atomic E-state index is 12.3. The number of carboxylic acids is 1. The molecule has 3 aromatic heterocycles. The Kier molecular flexibility index (Phi) is 5.55. The van der Waals surface area contributed by atoms with Crippen molar-refractivity contribution in [1.29, 1.82) is 0 Å². The molecule has 0 saturated heterocycles. The molecule has 1 aliphatic carbocycles. The highest BCUT2D eigenvalue weighted by Crippen LogP contribution is 2.50. The van der Waals surface area contributed by atoms with Gasteiger partial charge >= 0.3 is 12.1 Å². The van der Waals surface area contributed by atoms with Crippen LogP contribution in [0.25, 0.3) is 9.66 Å². The number of carboxylic acid groups (broad SMARTS) is 1. The number of carbonyl (C=O) groups excluding carboxylic acids is 1. The zero-order chi connectivity index (χ0) is 23.9. The Morgan fingerprint density at radius 2 is 1.94 bits per heavy atom. The van der Waals surface area contributed by atoms with Crippen LogP contribution in [0.2, 0.25) is 0 Å². The second-order valence-corrected chi connectivity index (χ2v) is 9.84. The number of anilines is 1. The van der Waals surface area contributed by atoms with Crippen LogP contribution >= 0.6 is 22.7 Å². The summed E-state index contributed by atoms with van der Waals surface area (Å²) < 4.78 is 10.6. The summed E-state index contributed by atoms with van der Waals surface area (Å²) in [6, 6.07) is 7.65. The van der Waals surface area contributed by atoms with Crippen molar-refractivity contribution in [3.63, 3.8) is 0 Å². The standard InChI is InChI=1S/C23H18N4O5S2/c1-12-5-3-4-6-14(12)11-31-22(30)25-17-13(2)27-32-15(17)7-8-16-24-18-19(33-16)26-20(34-18)23(9-10-23)21(28)29/h3-6H,9-11H2,1-2H3,(H,25,30)(H,28,29). The third-order valence-corrected chi connectivity index (χ3v) is 7.68. The predicted molar refractivity (Wildman–Crippen MR) is 126 cm³/mol. The SMILES string of the molecule is Cc1ccccc1COC(=O)Nc1c(C)noc1C#Cc1nc2sc(C3(C(=O)O)CC3)nc2s1. The van der Waals surface area contributed by atoms with Crippen molar-refractivity contribution in [2.45, 2.75) is 38.7 Å². The van der Waals surface area contributed by atoms with Crippen LogP contribution in [-0.2, 0) is 21.6 Å². The van der Waals surface area contributed by atoms with E-state index in [4.69, 9.17) is 9.26 Å². The van der Waals surface area contributed by atoms with Crippen LogP contribution < -0.4 is 5.32 Å². The number of nitrogens with zero attached hydrogens (tertiary/aromatic N) is 3. The average Bonchev–Trinajstić information content (AvgIpc) is 3.25. The van der Waals surface area contributed by atoms with Crippen molar-refractivity contribution >= 4 is 50.1 Å². The number of carbonyl (C=O) groups is 2. The number of hydrogen-bond acceptors (Lipinski definition) is 9. The molecule has 1 aromatic carbocycles. The third kappa shape index (κ3) is 4.13. The second-order valence-electron chi connectivity index (χ2n) is 7.89. The summed E-state index contributed by atoms with van der Waals surface area (Å²) in [6.45, 7) is 3.77. The molecule has 1 amide bonds. The molecular weight excluding hydrogens is 476 g/mol. The van der Waals surface area contributed by atoms with Gasteiger partial charge in [0, 0.05) is 0 Å². The molecule has 2 N–H and O–H groups in total. The maximum Gasteiger partial charge on any atom is 0.412 e. The molecule has 1 saturated carbocycles. The van der Waals surface area contributed by atoms with Gasteiger partial charge in [-0.3, -0.25) is 10.1 Å². The third-order valence-electron chi connectivity index (χ3n) is 5.54. The molecule has 1 aliphatic rings. The van der Waals surface area contributed by atoms with Gasteiger partial charge in [0.05, 0.1) is 0 Å². The highest BCUT2D eigenvalue weighted by molar-refractivity contribution is 7.26. The first-order valence-electron chi connectivity index (χ1n) is 10.3. The van der Waals surface area contributed by atoms with E-state index < -0.39 is 17.5 Å². The van der Waals surface area contributed by atoms with Gasteiger partial charge in [-0.25, -0.2) is 14.8 Å². The second kappa shape index (κ2) is 8.55. The lowest BCUT2D eigenvalue weighted by atomic mass is 10.1. The Bertz CT molecular complexity index is 1450. The van der Waals surface area contributed by atoms with Crippen LogP contribution in [0.5, 0.6) is 0 Å². The fraction of sp³-hybridized carbons (Fsp3) is 0.261. The van der Waals surface area contributed by atoms with E-state index in [1.54, 1.807) is 6.92 Å². The van der Waals surface area contributed by atoms with Gasteiger partial charge in [0.2, 0.25) is 5.76 Å². The molecule has 0 atom stereocenters. The number of aliphatic carboxylic acids is 1. The largest absolute Gasteiger partial charge is 0.481 e. The number of benzene rings is 1. The number of hydrogen-bond donors (Lipinski definition) is 2. The lowest BCUT2D eigenvalue weighted by Gasteiger charge is -2.08. The minimum absolute atomic E-state index is 0.137. The first kappa shape index (κ1) is 22.1. The number of rotatable bonds is 5. The van der Waals surface area contributed by atoms with Crippen LogP contribution in [0.3, 0.4) is 0 Å². The quantitative estimate of drug-likeness (QED) is 0.385. The molecule has 0 radical (unpaired) electrons. The van der Waals surface area contributed by atoms with Crippen LogP contribution in [-0.4, -0.2) is 32.3 Å². The van der Waals surface area contributed by atoms with Gasteiger partial charge < -0.3 is 14.4 Å². The van der Waals surface area contributed by atoms with E-state index in [1.807, 2.05) is 31.2 Å². The van der Waals surface area contributed by atoms with E-state index in [-0.39, 0.29) is 12.4 Å².